The summed E-state index contributed by atoms with van der Waals surface area (Å²) in [5, 5.41) is 11.7. The van der Waals surface area contributed by atoms with Crippen LogP contribution in [0.2, 0.25) is 5.02 Å². The van der Waals surface area contributed by atoms with Crippen LogP contribution < -0.4 is 21.3 Å². The number of rotatable bonds is 11. The molecule has 2 aromatic carbocycles. The highest BCUT2D eigenvalue weighted by atomic mass is 35.5. The van der Waals surface area contributed by atoms with Crippen molar-refractivity contribution in [3.05, 3.63) is 94.3 Å². The van der Waals surface area contributed by atoms with Crippen LogP contribution in [0.5, 0.6) is 0 Å². The van der Waals surface area contributed by atoms with Crippen LogP contribution in [0.15, 0.2) is 67.0 Å². The Bertz CT molecular complexity index is 1200. The summed E-state index contributed by atoms with van der Waals surface area (Å²) in [5.74, 6) is -0.705. The van der Waals surface area contributed by atoms with Gasteiger partial charge in [0.1, 0.15) is 0 Å². The van der Waals surface area contributed by atoms with Crippen molar-refractivity contribution >= 4 is 35.1 Å². The predicted octanol–water partition coefficient (Wildman–Crippen LogP) is 5.14. The van der Waals surface area contributed by atoms with Gasteiger partial charge >= 0.3 is 6.03 Å². The summed E-state index contributed by atoms with van der Waals surface area (Å²) < 4.78 is 0. The van der Waals surface area contributed by atoms with Gasteiger partial charge in [-0.2, -0.15) is 0 Å². The van der Waals surface area contributed by atoms with Crippen LogP contribution in [0.25, 0.3) is 0 Å². The van der Waals surface area contributed by atoms with E-state index >= 15 is 0 Å². The number of unbranched alkanes of at least 4 members (excludes halogenated alkanes) is 1. The number of nitrogens with one attached hydrogen (secondary N) is 4. The van der Waals surface area contributed by atoms with Gasteiger partial charge in [0.15, 0.2) is 0 Å². The molecule has 37 heavy (non-hydrogen) atoms. The molecule has 0 radical (unpaired) electrons. The van der Waals surface area contributed by atoms with E-state index in [9.17, 15) is 14.4 Å². The van der Waals surface area contributed by atoms with Crippen LogP contribution in [-0.2, 0) is 11.3 Å². The van der Waals surface area contributed by atoms with Gasteiger partial charge < -0.3 is 21.3 Å². The van der Waals surface area contributed by atoms with Crippen molar-refractivity contribution in [2.75, 3.05) is 11.9 Å². The van der Waals surface area contributed by atoms with E-state index < -0.39 is 11.9 Å². The van der Waals surface area contributed by atoms with Crippen molar-refractivity contribution in [1.82, 2.24) is 20.9 Å². The van der Waals surface area contributed by atoms with Gasteiger partial charge in [-0.3, -0.25) is 14.6 Å². The summed E-state index contributed by atoms with van der Waals surface area (Å²) in [6, 6.07) is 15.3. The van der Waals surface area contributed by atoms with E-state index in [0.717, 1.165) is 36.0 Å². The Balaban J connectivity index is 1.50. The predicted molar refractivity (Wildman–Crippen MR) is 145 cm³/mol. The lowest BCUT2D eigenvalue weighted by Gasteiger charge is -2.19. The van der Waals surface area contributed by atoms with Gasteiger partial charge in [0.05, 0.1) is 12.6 Å². The molecule has 1 heterocycles. The zero-order valence-corrected chi connectivity index (χ0v) is 21.8. The molecule has 0 fully saturated rings. The van der Waals surface area contributed by atoms with Gasteiger partial charge in [0.25, 0.3) is 5.91 Å². The van der Waals surface area contributed by atoms with E-state index in [-0.39, 0.29) is 18.5 Å². The summed E-state index contributed by atoms with van der Waals surface area (Å²) in [6.45, 7) is 4.16. The van der Waals surface area contributed by atoms with Crippen LogP contribution >= 0.6 is 11.6 Å². The Hall–Kier alpha value is -3.91. The number of hydrogen-bond donors (Lipinski definition) is 4. The number of pyridine rings is 1. The molecule has 1 unspecified atom stereocenters. The van der Waals surface area contributed by atoms with Crippen molar-refractivity contribution in [3.63, 3.8) is 0 Å². The zero-order chi connectivity index (χ0) is 26.6. The van der Waals surface area contributed by atoms with Gasteiger partial charge in [0, 0.05) is 35.2 Å². The number of aryl methyl sites for hydroxylation is 1. The average Bonchev–Trinajstić information content (AvgIpc) is 2.88. The monoisotopic (exact) mass is 521 g/mol. The molecule has 0 saturated carbocycles. The van der Waals surface area contributed by atoms with Crippen molar-refractivity contribution in [2.45, 2.75) is 45.7 Å². The largest absolute Gasteiger partial charge is 0.348 e. The minimum atomic E-state index is -0.417. The Labute approximate surface area is 222 Å². The van der Waals surface area contributed by atoms with Crippen LogP contribution in [-0.4, -0.2) is 29.4 Å². The normalized spacial score (nSPS) is 11.3. The number of carbonyl (C=O) groups excluding carboxylic acids is 3. The molecular weight excluding hydrogens is 490 g/mol. The SMILES string of the molecule is CCCCC(NC(=O)CNC(=O)c1cccc(NC(=O)NCc2cc(C)cc(Cl)c2)c1)c1cccnc1. The van der Waals surface area contributed by atoms with E-state index in [4.69, 9.17) is 11.6 Å². The topological polar surface area (TPSA) is 112 Å². The van der Waals surface area contributed by atoms with Crippen LogP contribution in [0.4, 0.5) is 10.5 Å². The zero-order valence-electron chi connectivity index (χ0n) is 21.0. The first-order valence-corrected chi connectivity index (χ1v) is 12.6. The van der Waals surface area contributed by atoms with E-state index in [1.54, 1.807) is 42.7 Å². The maximum absolute atomic E-state index is 12.6. The number of anilines is 1. The van der Waals surface area contributed by atoms with Crippen molar-refractivity contribution in [3.8, 4) is 0 Å². The smallest absolute Gasteiger partial charge is 0.319 e. The number of carbonyl (C=O) groups is 3. The molecule has 1 aromatic heterocycles. The van der Waals surface area contributed by atoms with E-state index in [1.165, 1.54) is 0 Å². The number of benzene rings is 2. The fraction of sp³-hybridized carbons (Fsp3) is 0.286. The number of aromatic nitrogens is 1. The van der Waals surface area contributed by atoms with E-state index in [1.807, 2.05) is 31.2 Å². The number of hydrogen-bond acceptors (Lipinski definition) is 4. The average molecular weight is 522 g/mol. The summed E-state index contributed by atoms with van der Waals surface area (Å²) in [6.07, 6.45) is 6.18. The Kier molecular flexibility index (Phi) is 10.5. The van der Waals surface area contributed by atoms with Gasteiger partial charge in [0.2, 0.25) is 5.91 Å². The molecule has 9 heteroatoms. The second kappa shape index (κ2) is 14.0. The summed E-state index contributed by atoms with van der Waals surface area (Å²) in [7, 11) is 0. The second-order valence-electron chi connectivity index (χ2n) is 8.76. The first-order valence-electron chi connectivity index (χ1n) is 12.2. The number of amides is 4. The minimum Gasteiger partial charge on any atom is -0.348 e. The molecule has 4 amide bonds. The Morgan fingerprint density at radius 1 is 1.03 bits per heavy atom. The molecule has 0 aliphatic carbocycles. The molecule has 0 spiro atoms. The van der Waals surface area contributed by atoms with Crippen LogP contribution in [0, 0.1) is 6.92 Å². The van der Waals surface area contributed by atoms with Crippen molar-refractivity contribution in [2.24, 2.45) is 0 Å². The molecule has 194 valence electrons. The lowest BCUT2D eigenvalue weighted by Crippen LogP contribution is -2.38. The number of halogens is 1. The number of urea groups is 1. The summed E-state index contributed by atoms with van der Waals surface area (Å²) in [4.78, 5) is 41.7. The third-order valence-electron chi connectivity index (χ3n) is 5.62. The molecule has 8 nitrogen and oxygen atoms in total. The minimum absolute atomic E-state index is 0.167. The maximum Gasteiger partial charge on any atom is 0.319 e. The first kappa shape index (κ1) is 27.7. The lowest BCUT2D eigenvalue weighted by atomic mass is 10.0. The lowest BCUT2D eigenvalue weighted by molar-refractivity contribution is -0.120. The third-order valence-corrected chi connectivity index (χ3v) is 5.83. The fourth-order valence-electron chi connectivity index (χ4n) is 3.83. The Morgan fingerprint density at radius 2 is 1.86 bits per heavy atom. The van der Waals surface area contributed by atoms with Gasteiger partial charge in [-0.15, -0.1) is 0 Å². The molecule has 3 aromatic rings. The van der Waals surface area contributed by atoms with Crippen LogP contribution in [0.3, 0.4) is 0 Å². The molecule has 3 rings (SSSR count). The van der Waals surface area contributed by atoms with Crippen molar-refractivity contribution in [1.29, 1.82) is 0 Å². The van der Waals surface area contributed by atoms with E-state index in [0.29, 0.717) is 22.8 Å². The molecule has 1 atom stereocenters. The molecule has 0 aliphatic heterocycles. The second-order valence-corrected chi connectivity index (χ2v) is 9.19. The summed E-state index contributed by atoms with van der Waals surface area (Å²) >= 11 is 6.07. The fourth-order valence-corrected chi connectivity index (χ4v) is 4.14. The van der Waals surface area contributed by atoms with Gasteiger partial charge in [-0.05, 0) is 66.4 Å². The standard InChI is InChI=1S/C28H32ClN5O3/c1-3-4-10-25(22-8-6-11-30-17-22)34-26(35)18-31-27(36)21-7-5-9-24(15-21)33-28(37)32-16-20-12-19(2)13-23(29)14-20/h5-9,11-15,17,25H,3-4,10,16,18H2,1-2H3,(H,31,36)(H,34,35)(H2,32,33,37). The maximum atomic E-state index is 12.6. The van der Waals surface area contributed by atoms with Crippen molar-refractivity contribution < 1.29 is 14.4 Å². The quantitative estimate of drug-likeness (QED) is 0.280. The molecule has 4 N–H and O–H groups in total. The molecular formula is C28H32ClN5O3. The Morgan fingerprint density at radius 3 is 2.59 bits per heavy atom. The highest BCUT2D eigenvalue weighted by molar-refractivity contribution is 6.30. The highest BCUT2D eigenvalue weighted by Gasteiger charge is 2.16. The highest BCUT2D eigenvalue weighted by Crippen LogP contribution is 2.18. The van der Waals surface area contributed by atoms with Crippen LogP contribution in [0.1, 0.15) is 59.3 Å². The first-order chi connectivity index (χ1) is 17.8. The van der Waals surface area contributed by atoms with E-state index in [2.05, 4.69) is 33.2 Å². The molecule has 0 aliphatic rings. The molecule has 0 saturated heterocycles. The van der Waals surface area contributed by atoms with Gasteiger partial charge in [-0.25, -0.2) is 4.79 Å². The van der Waals surface area contributed by atoms with Gasteiger partial charge in [-0.1, -0.05) is 49.6 Å². The number of nitrogens with zero attached hydrogens (tertiary/aromatic N) is 1. The summed E-state index contributed by atoms with van der Waals surface area (Å²) in [5.41, 5.74) is 3.59. The molecule has 0 bridgehead atoms. The third kappa shape index (κ3) is 9.24.